The van der Waals surface area contributed by atoms with Crippen LogP contribution in [0.25, 0.3) is 0 Å². The van der Waals surface area contributed by atoms with Gasteiger partial charge in [-0.2, -0.15) is 0 Å². The van der Waals surface area contributed by atoms with Crippen LogP contribution in [0.5, 0.6) is 11.5 Å². The molecule has 1 aliphatic heterocycles. The summed E-state index contributed by atoms with van der Waals surface area (Å²) in [5.41, 5.74) is 1.27. The minimum Gasteiger partial charge on any atom is -0.490 e. The van der Waals surface area contributed by atoms with Crippen molar-refractivity contribution in [1.29, 1.82) is 0 Å². The highest BCUT2D eigenvalue weighted by molar-refractivity contribution is 5.44. The second kappa shape index (κ2) is 8.28. The number of hydrogen-bond donors (Lipinski definition) is 1. The second-order valence-electron chi connectivity index (χ2n) is 6.32. The Morgan fingerprint density at radius 2 is 1.81 bits per heavy atom. The number of hydrogen-bond acceptors (Lipinski definition) is 3. The van der Waals surface area contributed by atoms with Crippen LogP contribution in [0.1, 0.15) is 58.1 Å². The predicted molar refractivity (Wildman–Crippen MR) is 87.2 cm³/mol. The van der Waals surface area contributed by atoms with Gasteiger partial charge in [0.15, 0.2) is 11.5 Å². The average Bonchev–Trinajstić information content (AvgIpc) is 2.70. The first kappa shape index (κ1) is 16.2. The van der Waals surface area contributed by atoms with Crippen LogP contribution in [0.2, 0.25) is 0 Å². The summed E-state index contributed by atoms with van der Waals surface area (Å²) < 4.78 is 11.4. The third-order valence-corrected chi connectivity index (χ3v) is 3.93. The fraction of sp³-hybridized carbons (Fsp3) is 0.667. The van der Waals surface area contributed by atoms with E-state index in [1.54, 1.807) is 0 Å². The van der Waals surface area contributed by atoms with E-state index >= 15 is 0 Å². The first-order valence-electron chi connectivity index (χ1n) is 8.29. The molecular formula is C18H29NO2. The smallest absolute Gasteiger partial charge is 0.161 e. The van der Waals surface area contributed by atoms with Gasteiger partial charge in [0.25, 0.3) is 0 Å². The molecule has 0 saturated heterocycles. The van der Waals surface area contributed by atoms with Gasteiger partial charge in [0.1, 0.15) is 0 Å². The van der Waals surface area contributed by atoms with Gasteiger partial charge in [0, 0.05) is 12.5 Å². The molecule has 1 atom stereocenters. The van der Waals surface area contributed by atoms with Gasteiger partial charge in [-0.1, -0.05) is 32.8 Å². The van der Waals surface area contributed by atoms with E-state index in [1.807, 2.05) is 6.07 Å². The first-order valence-corrected chi connectivity index (χ1v) is 8.29. The van der Waals surface area contributed by atoms with Gasteiger partial charge < -0.3 is 14.8 Å². The largest absolute Gasteiger partial charge is 0.490 e. The third kappa shape index (κ3) is 5.24. The molecule has 1 aromatic carbocycles. The number of nitrogens with one attached hydrogen (secondary N) is 1. The summed E-state index contributed by atoms with van der Waals surface area (Å²) in [6.45, 7) is 9.34. The Bertz CT molecular complexity index is 431. The quantitative estimate of drug-likeness (QED) is 0.759. The van der Waals surface area contributed by atoms with E-state index < -0.39 is 0 Å². The van der Waals surface area contributed by atoms with Crippen LogP contribution in [-0.2, 0) is 0 Å². The summed E-state index contributed by atoms with van der Waals surface area (Å²) in [4.78, 5) is 0. The fourth-order valence-electron chi connectivity index (χ4n) is 2.56. The summed E-state index contributed by atoms with van der Waals surface area (Å²) in [7, 11) is 0. The second-order valence-corrected chi connectivity index (χ2v) is 6.32. The Hall–Kier alpha value is -1.22. The van der Waals surface area contributed by atoms with Crippen LogP contribution in [-0.4, -0.2) is 19.8 Å². The maximum absolute atomic E-state index is 5.76. The SMILES string of the molecule is CC(C)CCCCNC(C)c1ccc2c(c1)OCCCO2. The summed E-state index contributed by atoms with van der Waals surface area (Å²) in [6, 6.07) is 6.64. The van der Waals surface area contributed by atoms with E-state index in [9.17, 15) is 0 Å². The molecule has 118 valence electrons. The van der Waals surface area contributed by atoms with Crippen LogP contribution in [0.15, 0.2) is 18.2 Å². The number of unbranched alkanes of at least 4 members (excludes halogenated alkanes) is 1. The number of ether oxygens (including phenoxy) is 2. The highest BCUT2D eigenvalue weighted by Crippen LogP contribution is 2.32. The highest BCUT2D eigenvalue weighted by Gasteiger charge is 2.13. The zero-order valence-corrected chi connectivity index (χ0v) is 13.7. The van der Waals surface area contributed by atoms with Crippen LogP contribution < -0.4 is 14.8 Å². The number of benzene rings is 1. The monoisotopic (exact) mass is 291 g/mol. The first-order chi connectivity index (χ1) is 10.2. The molecule has 0 aliphatic carbocycles. The molecule has 1 heterocycles. The van der Waals surface area contributed by atoms with E-state index in [2.05, 4.69) is 38.2 Å². The Labute approximate surface area is 129 Å². The molecule has 1 aromatic rings. The Kier molecular flexibility index (Phi) is 6.37. The molecule has 0 bridgehead atoms. The molecule has 0 spiro atoms. The molecule has 1 unspecified atom stereocenters. The zero-order chi connectivity index (χ0) is 15.1. The molecule has 1 N–H and O–H groups in total. The molecule has 0 fully saturated rings. The standard InChI is InChI=1S/C18H29NO2/c1-14(2)7-4-5-10-19-15(3)16-8-9-17-18(13-16)21-12-6-11-20-17/h8-9,13-15,19H,4-7,10-12H2,1-3H3. The van der Waals surface area contributed by atoms with Crippen molar-refractivity contribution in [3.05, 3.63) is 23.8 Å². The fourth-order valence-corrected chi connectivity index (χ4v) is 2.56. The van der Waals surface area contributed by atoms with E-state index in [-0.39, 0.29) is 0 Å². The summed E-state index contributed by atoms with van der Waals surface area (Å²) in [5.74, 6) is 2.57. The van der Waals surface area contributed by atoms with Crippen molar-refractivity contribution in [1.82, 2.24) is 5.32 Å². The maximum atomic E-state index is 5.76. The van der Waals surface area contributed by atoms with Gasteiger partial charge in [-0.15, -0.1) is 0 Å². The number of rotatable bonds is 7. The van der Waals surface area contributed by atoms with Gasteiger partial charge in [0.05, 0.1) is 13.2 Å². The number of fused-ring (bicyclic) bond motifs is 1. The van der Waals surface area contributed by atoms with Crippen LogP contribution in [0.3, 0.4) is 0 Å². The van der Waals surface area contributed by atoms with Crippen molar-refractivity contribution in [3.63, 3.8) is 0 Å². The molecule has 0 saturated carbocycles. The molecule has 3 nitrogen and oxygen atoms in total. The van der Waals surface area contributed by atoms with Crippen molar-refractivity contribution in [2.75, 3.05) is 19.8 Å². The minimum atomic E-state index is 0.348. The average molecular weight is 291 g/mol. The topological polar surface area (TPSA) is 30.5 Å². The molecule has 1 aliphatic rings. The maximum Gasteiger partial charge on any atom is 0.161 e. The normalized spacial score (nSPS) is 15.8. The van der Waals surface area contributed by atoms with Gasteiger partial charge in [-0.05, 0) is 43.5 Å². The molecule has 0 amide bonds. The van der Waals surface area contributed by atoms with Gasteiger partial charge in [-0.25, -0.2) is 0 Å². The lowest BCUT2D eigenvalue weighted by Crippen LogP contribution is -2.20. The molecule has 3 heteroatoms. The van der Waals surface area contributed by atoms with E-state index in [0.717, 1.165) is 43.6 Å². The van der Waals surface area contributed by atoms with Crippen molar-refractivity contribution >= 4 is 0 Å². The van der Waals surface area contributed by atoms with Crippen LogP contribution in [0.4, 0.5) is 0 Å². The summed E-state index contributed by atoms with van der Waals surface area (Å²) in [5, 5.41) is 3.60. The summed E-state index contributed by atoms with van der Waals surface area (Å²) in [6.07, 6.45) is 4.82. The molecule has 21 heavy (non-hydrogen) atoms. The van der Waals surface area contributed by atoms with Crippen molar-refractivity contribution < 1.29 is 9.47 Å². The minimum absolute atomic E-state index is 0.348. The van der Waals surface area contributed by atoms with Gasteiger partial charge >= 0.3 is 0 Å². The predicted octanol–water partition coefficient (Wildman–Crippen LogP) is 4.32. The molecule has 0 aromatic heterocycles. The Morgan fingerprint density at radius 1 is 1.05 bits per heavy atom. The van der Waals surface area contributed by atoms with Crippen LogP contribution >= 0.6 is 0 Å². The van der Waals surface area contributed by atoms with Crippen molar-refractivity contribution in [3.8, 4) is 11.5 Å². The van der Waals surface area contributed by atoms with E-state index in [1.165, 1.54) is 24.8 Å². The Balaban J connectivity index is 1.82. The van der Waals surface area contributed by atoms with Crippen molar-refractivity contribution in [2.24, 2.45) is 5.92 Å². The highest BCUT2D eigenvalue weighted by atomic mass is 16.5. The summed E-state index contributed by atoms with van der Waals surface area (Å²) >= 11 is 0. The van der Waals surface area contributed by atoms with Crippen LogP contribution in [0, 0.1) is 5.92 Å². The third-order valence-electron chi connectivity index (χ3n) is 3.93. The van der Waals surface area contributed by atoms with Crippen molar-refractivity contribution in [2.45, 2.75) is 52.5 Å². The lowest BCUT2D eigenvalue weighted by Gasteiger charge is -2.16. The van der Waals surface area contributed by atoms with E-state index in [4.69, 9.17) is 9.47 Å². The molecule has 2 rings (SSSR count). The lowest BCUT2D eigenvalue weighted by molar-refractivity contribution is 0.297. The van der Waals surface area contributed by atoms with Gasteiger partial charge in [-0.3, -0.25) is 0 Å². The lowest BCUT2D eigenvalue weighted by atomic mass is 10.1. The van der Waals surface area contributed by atoms with Gasteiger partial charge in [0.2, 0.25) is 0 Å². The van der Waals surface area contributed by atoms with E-state index in [0.29, 0.717) is 6.04 Å². The zero-order valence-electron chi connectivity index (χ0n) is 13.7. The molecule has 0 radical (unpaired) electrons. The molecular weight excluding hydrogens is 262 g/mol. The Morgan fingerprint density at radius 3 is 2.57 bits per heavy atom.